The smallest absolute Gasteiger partial charge is 0.0910 e. The lowest BCUT2D eigenvalue weighted by atomic mass is 10.2. The first-order valence-electron chi connectivity index (χ1n) is 7.06. The second-order valence-electron chi connectivity index (χ2n) is 5.13. The molecule has 0 aliphatic carbocycles. The number of aromatic nitrogens is 2. The van der Waals surface area contributed by atoms with Crippen LogP contribution in [0.5, 0.6) is 0 Å². The second kappa shape index (κ2) is 5.96. The van der Waals surface area contributed by atoms with Crippen molar-refractivity contribution in [1.82, 2.24) is 9.78 Å². The van der Waals surface area contributed by atoms with E-state index in [1.807, 2.05) is 24.4 Å². The van der Waals surface area contributed by atoms with E-state index in [0.717, 1.165) is 25.2 Å². The van der Waals surface area contributed by atoms with Crippen LogP contribution in [0.3, 0.4) is 0 Å². The van der Waals surface area contributed by atoms with Crippen molar-refractivity contribution in [2.45, 2.75) is 19.1 Å². The third-order valence-electron chi connectivity index (χ3n) is 3.55. The molecule has 2 N–H and O–H groups in total. The molecule has 0 saturated carbocycles. The van der Waals surface area contributed by atoms with Gasteiger partial charge in [-0.15, -0.1) is 0 Å². The topological polar surface area (TPSA) is 53.3 Å². The molecule has 0 radical (unpaired) electrons. The zero-order valence-electron chi connectivity index (χ0n) is 11.4. The Kier molecular flexibility index (Phi) is 3.87. The summed E-state index contributed by atoms with van der Waals surface area (Å²) in [6, 6.07) is 10.1. The van der Waals surface area contributed by atoms with E-state index < -0.39 is 6.10 Å². The summed E-state index contributed by atoms with van der Waals surface area (Å²) < 4.78 is 1.77. The van der Waals surface area contributed by atoms with E-state index in [-0.39, 0.29) is 0 Å². The summed E-state index contributed by atoms with van der Waals surface area (Å²) >= 11 is 0. The van der Waals surface area contributed by atoms with Gasteiger partial charge in [0.1, 0.15) is 0 Å². The number of anilines is 2. The molecule has 1 unspecified atom stereocenters. The van der Waals surface area contributed by atoms with Crippen LogP contribution in [0.1, 0.15) is 6.42 Å². The molecule has 0 bridgehead atoms. The van der Waals surface area contributed by atoms with E-state index in [0.29, 0.717) is 13.1 Å². The number of nitrogens with one attached hydrogen (secondary N) is 1. The van der Waals surface area contributed by atoms with Crippen LogP contribution in [0.2, 0.25) is 0 Å². The molecule has 1 aliphatic rings. The predicted molar refractivity (Wildman–Crippen MR) is 80.0 cm³/mol. The van der Waals surface area contributed by atoms with Crippen LogP contribution in [0.25, 0.3) is 0 Å². The number of hydrogen-bond donors (Lipinski definition) is 2. The van der Waals surface area contributed by atoms with Crippen LogP contribution >= 0.6 is 0 Å². The van der Waals surface area contributed by atoms with Crippen molar-refractivity contribution in [3.8, 4) is 0 Å². The number of rotatable bonds is 4. The molecule has 2 aromatic rings. The van der Waals surface area contributed by atoms with Gasteiger partial charge < -0.3 is 15.3 Å². The molecule has 0 saturated heterocycles. The van der Waals surface area contributed by atoms with E-state index in [9.17, 15) is 5.11 Å². The van der Waals surface area contributed by atoms with Gasteiger partial charge in [0.15, 0.2) is 0 Å². The molecule has 1 aliphatic heterocycles. The Morgan fingerprint density at radius 1 is 1.25 bits per heavy atom. The zero-order chi connectivity index (χ0) is 13.8. The molecule has 1 aromatic carbocycles. The van der Waals surface area contributed by atoms with Crippen LogP contribution in [-0.2, 0) is 6.54 Å². The molecular formula is C15H20N4O. The summed E-state index contributed by atoms with van der Waals surface area (Å²) in [5, 5.41) is 17.8. The summed E-state index contributed by atoms with van der Waals surface area (Å²) in [5.41, 5.74) is 2.32. The lowest BCUT2D eigenvalue weighted by Crippen LogP contribution is -2.35. The van der Waals surface area contributed by atoms with Gasteiger partial charge >= 0.3 is 0 Å². The zero-order valence-corrected chi connectivity index (χ0v) is 11.4. The molecule has 1 aromatic heterocycles. The van der Waals surface area contributed by atoms with Crippen molar-refractivity contribution >= 4 is 11.4 Å². The molecule has 5 heteroatoms. The maximum atomic E-state index is 10.3. The van der Waals surface area contributed by atoms with E-state index in [1.54, 1.807) is 10.9 Å². The van der Waals surface area contributed by atoms with Crippen LogP contribution in [-0.4, -0.2) is 40.6 Å². The Hall–Kier alpha value is -2.01. The summed E-state index contributed by atoms with van der Waals surface area (Å²) in [6.45, 7) is 3.08. The maximum Gasteiger partial charge on any atom is 0.0910 e. The van der Waals surface area contributed by atoms with Gasteiger partial charge in [-0.05, 0) is 24.6 Å². The van der Waals surface area contributed by atoms with Crippen molar-refractivity contribution in [3.63, 3.8) is 0 Å². The Morgan fingerprint density at radius 3 is 3.00 bits per heavy atom. The first kappa shape index (κ1) is 13.0. The fraction of sp³-hybridized carbons (Fsp3) is 0.400. The first-order valence-corrected chi connectivity index (χ1v) is 7.06. The number of nitrogens with zero attached hydrogens (tertiary/aromatic N) is 3. The Bertz CT molecular complexity index is 541. The summed E-state index contributed by atoms with van der Waals surface area (Å²) in [6.07, 6.45) is 4.25. The minimum Gasteiger partial charge on any atom is -0.389 e. The highest BCUT2D eigenvalue weighted by Crippen LogP contribution is 2.27. The number of fused-ring (bicyclic) bond motifs is 1. The Labute approximate surface area is 118 Å². The van der Waals surface area contributed by atoms with E-state index >= 15 is 0 Å². The molecular weight excluding hydrogens is 252 g/mol. The molecule has 0 amide bonds. The van der Waals surface area contributed by atoms with Gasteiger partial charge in [0, 0.05) is 32.0 Å². The molecule has 5 nitrogen and oxygen atoms in total. The van der Waals surface area contributed by atoms with Crippen molar-refractivity contribution in [1.29, 1.82) is 0 Å². The highest BCUT2D eigenvalue weighted by Gasteiger charge is 2.17. The largest absolute Gasteiger partial charge is 0.389 e. The fourth-order valence-electron chi connectivity index (χ4n) is 2.64. The van der Waals surface area contributed by atoms with Gasteiger partial charge in [-0.1, -0.05) is 12.1 Å². The second-order valence-corrected chi connectivity index (χ2v) is 5.13. The molecule has 0 spiro atoms. The van der Waals surface area contributed by atoms with Crippen molar-refractivity contribution in [2.24, 2.45) is 0 Å². The Balaban J connectivity index is 1.70. The van der Waals surface area contributed by atoms with Crippen LogP contribution in [0.15, 0.2) is 42.7 Å². The molecule has 3 rings (SSSR count). The van der Waals surface area contributed by atoms with Crippen molar-refractivity contribution in [2.75, 3.05) is 29.9 Å². The number of aliphatic hydroxyl groups excluding tert-OH is 1. The number of para-hydroxylation sites is 2. The monoisotopic (exact) mass is 272 g/mol. The van der Waals surface area contributed by atoms with Gasteiger partial charge in [0.2, 0.25) is 0 Å². The molecule has 2 heterocycles. The number of β-amino-alcohol motifs (C(OH)–C–C–N with tert-alkyl or cyclic N) is 1. The van der Waals surface area contributed by atoms with Crippen molar-refractivity contribution in [3.05, 3.63) is 42.7 Å². The number of aliphatic hydroxyl groups is 1. The maximum absolute atomic E-state index is 10.3. The number of hydrogen-bond acceptors (Lipinski definition) is 4. The molecule has 106 valence electrons. The standard InChI is InChI=1S/C15H20N4O/c20-13(12-19-10-4-8-17-19)11-18-9-3-7-16-14-5-1-2-6-15(14)18/h1-2,4-6,8,10,13,16,20H,3,7,9,11-12H2. The fourth-order valence-corrected chi connectivity index (χ4v) is 2.64. The van der Waals surface area contributed by atoms with E-state index in [2.05, 4.69) is 27.4 Å². The highest BCUT2D eigenvalue weighted by molar-refractivity contribution is 5.70. The lowest BCUT2D eigenvalue weighted by molar-refractivity contribution is 0.154. The van der Waals surface area contributed by atoms with Crippen LogP contribution in [0, 0.1) is 0 Å². The van der Waals surface area contributed by atoms with Crippen LogP contribution in [0.4, 0.5) is 11.4 Å². The summed E-state index contributed by atoms with van der Waals surface area (Å²) in [7, 11) is 0. The summed E-state index contributed by atoms with van der Waals surface area (Å²) in [5.74, 6) is 0. The minimum absolute atomic E-state index is 0.430. The van der Waals surface area contributed by atoms with Gasteiger partial charge in [0.05, 0.1) is 24.0 Å². The van der Waals surface area contributed by atoms with E-state index in [1.165, 1.54) is 5.69 Å². The number of benzene rings is 1. The predicted octanol–water partition coefficient (Wildman–Crippen LogP) is 1.57. The quantitative estimate of drug-likeness (QED) is 0.887. The van der Waals surface area contributed by atoms with Gasteiger partial charge in [-0.25, -0.2) is 0 Å². The summed E-state index contributed by atoms with van der Waals surface area (Å²) in [4.78, 5) is 2.25. The minimum atomic E-state index is -0.430. The Morgan fingerprint density at radius 2 is 2.15 bits per heavy atom. The SMILES string of the molecule is OC(CN1CCCNc2ccccc21)Cn1cccn1. The normalized spacial score (nSPS) is 16.1. The third-order valence-corrected chi connectivity index (χ3v) is 3.55. The molecule has 20 heavy (non-hydrogen) atoms. The van der Waals surface area contributed by atoms with Gasteiger partial charge in [-0.3, -0.25) is 4.68 Å². The average molecular weight is 272 g/mol. The molecule has 1 atom stereocenters. The molecule has 0 fully saturated rings. The highest BCUT2D eigenvalue weighted by atomic mass is 16.3. The van der Waals surface area contributed by atoms with Crippen molar-refractivity contribution < 1.29 is 5.11 Å². The third kappa shape index (κ3) is 2.93. The van der Waals surface area contributed by atoms with E-state index in [4.69, 9.17) is 0 Å². The lowest BCUT2D eigenvalue weighted by Gasteiger charge is -2.27. The average Bonchev–Trinajstić information content (AvgIpc) is 2.87. The van der Waals surface area contributed by atoms with Gasteiger partial charge in [-0.2, -0.15) is 5.10 Å². The van der Waals surface area contributed by atoms with Gasteiger partial charge in [0.25, 0.3) is 0 Å². The first-order chi connectivity index (χ1) is 9.83. The van der Waals surface area contributed by atoms with Crippen LogP contribution < -0.4 is 10.2 Å².